The van der Waals surface area contributed by atoms with Gasteiger partial charge in [0.1, 0.15) is 16.5 Å². The number of aryl methyl sites for hydroxylation is 2. The lowest BCUT2D eigenvalue weighted by atomic mass is 9.97. The van der Waals surface area contributed by atoms with E-state index in [-0.39, 0.29) is 18.3 Å². The van der Waals surface area contributed by atoms with E-state index < -0.39 is 5.97 Å². The summed E-state index contributed by atoms with van der Waals surface area (Å²) in [5, 5.41) is 10.2. The molecule has 0 bridgehead atoms. The van der Waals surface area contributed by atoms with Crippen LogP contribution in [0.4, 0.5) is 5.82 Å². The van der Waals surface area contributed by atoms with Gasteiger partial charge in [-0.2, -0.15) is 0 Å². The summed E-state index contributed by atoms with van der Waals surface area (Å²) < 4.78 is 0. The highest BCUT2D eigenvalue weighted by Crippen LogP contribution is 2.37. The zero-order valence-electron chi connectivity index (χ0n) is 14.0. The Morgan fingerprint density at radius 1 is 1.24 bits per heavy atom. The summed E-state index contributed by atoms with van der Waals surface area (Å²) in [6.45, 7) is 2.20. The van der Waals surface area contributed by atoms with Gasteiger partial charge in [-0.25, -0.2) is 9.97 Å². The molecule has 4 rings (SSSR count). The quantitative estimate of drug-likeness (QED) is 0.847. The predicted octanol–water partition coefficient (Wildman–Crippen LogP) is 2.87. The molecule has 0 spiro atoms. The van der Waals surface area contributed by atoms with Gasteiger partial charge in [-0.3, -0.25) is 9.69 Å². The number of likely N-dealkylation sites (tertiary alicyclic amines) is 1. The summed E-state index contributed by atoms with van der Waals surface area (Å²) >= 11 is 1.77. The molecule has 2 aromatic rings. The van der Waals surface area contributed by atoms with E-state index in [1.807, 2.05) is 0 Å². The lowest BCUT2D eigenvalue weighted by molar-refractivity contribution is -0.143. The van der Waals surface area contributed by atoms with Crippen molar-refractivity contribution in [2.24, 2.45) is 5.92 Å². The Hall–Kier alpha value is -1.44. The van der Waals surface area contributed by atoms with Crippen LogP contribution in [-0.4, -0.2) is 39.0 Å². The molecule has 0 atom stereocenters. The third kappa shape index (κ3) is 3.59. The second kappa shape index (κ2) is 7.43. The maximum atomic E-state index is 11.0. The van der Waals surface area contributed by atoms with Crippen LogP contribution in [0.3, 0.4) is 0 Å². The lowest BCUT2D eigenvalue weighted by Crippen LogP contribution is -2.36. The summed E-state index contributed by atoms with van der Waals surface area (Å²) in [7, 11) is 0. The fourth-order valence-corrected chi connectivity index (χ4v) is 5.13. The number of carboxylic acids is 1. The molecule has 0 aromatic carbocycles. The number of nitrogen functional groups attached to an aromatic ring is 1. The van der Waals surface area contributed by atoms with Crippen LogP contribution in [0.5, 0.6) is 0 Å². The normalized spacial score (nSPS) is 18.7. The first kappa shape index (κ1) is 18.4. The molecule has 3 heterocycles. The van der Waals surface area contributed by atoms with E-state index in [1.165, 1.54) is 23.3 Å². The van der Waals surface area contributed by atoms with Crippen molar-refractivity contribution in [3.8, 4) is 0 Å². The van der Waals surface area contributed by atoms with Crippen molar-refractivity contribution in [1.82, 2.24) is 14.9 Å². The van der Waals surface area contributed by atoms with Crippen molar-refractivity contribution < 1.29 is 9.90 Å². The molecule has 0 radical (unpaired) electrons. The fraction of sp³-hybridized carbons (Fsp3) is 0.588. The second-order valence-electron chi connectivity index (χ2n) is 6.80. The van der Waals surface area contributed by atoms with Crippen molar-refractivity contribution in [1.29, 1.82) is 0 Å². The van der Waals surface area contributed by atoms with E-state index >= 15 is 0 Å². The predicted molar refractivity (Wildman–Crippen MR) is 101 cm³/mol. The third-order valence-corrected chi connectivity index (χ3v) is 6.38. The summed E-state index contributed by atoms with van der Waals surface area (Å²) in [5.74, 6) is 0.474. The van der Waals surface area contributed by atoms with E-state index in [1.54, 1.807) is 11.3 Å². The molecule has 8 heteroatoms. The highest BCUT2D eigenvalue weighted by Gasteiger charge is 2.25. The molecule has 2 aliphatic rings. The molecule has 1 aliphatic carbocycles. The number of carboxylic acid groups (broad SMARTS) is 1. The molecule has 1 fully saturated rings. The number of halogens is 1. The smallest absolute Gasteiger partial charge is 0.306 e. The topological polar surface area (TPSA) is 92.3 Å². The van der Waals surface area contributed by atoms with Crippen molar-refractivity contribution >= 4 is 45.7 Å². The molecule has 0 amide bonds. The zero-order chi connectivity index (χ0) is 16.7. The van der Waals surface area contributed by atoms with Gasteiger partial charge in [0.05, 0.1) is 17.8 Å². The number of nitrogens with zero attached hydrogens (tertiary/aromatic N) is 3. The minimum Gasteiger partial charge on any atom is -0.481 e. The van der Waals surface area contributed by atoms with E-state index in [2.05, 4.69) is 9.88 Å². The minimum atomic E-state index is -0.680. The summed E-state index contributed by atoms with van der Waals surface area (Å²) in [6, 6.07) is 0. The van der Waals surface area contributed by atoms with Crippen LogP contribution in [0, 0.1) is 5.92 Å². The van der Waals surface area contributed by atoms with Gasteiger partial charge in [0, 0.05) is 4.88 Å². The van der Waals surface area contributed by atoms with Crippen molar-refractivity contribution in [3.63, 3.8) is 0 Å². The van der Waals surface area contributed by atoms with Gasteiger partial charge in [0.15, 0.2) is 0 Å². The van der Waals surface area contributed by atoms with E-state index in [9.17, 15) is 4.79 Å². The van der Waals surface area contributed by atoms with Crippen molar-refractivity contribution in [2.75, 3.05) is 18.8 Å². The number of thiophene rings is 1. The van der Waals surface area contributed by atoms with Crippen molar-refractivity contribution in [3.05, 3.63) is 16.3 Å². The Morgan fingerprint density at radius 3 is 2.68 bits per heavy atom. The van der Waals surface area contributed by atoms with Gasteiger partial charge in [0.25, 0.3) is 0 Å². The maximum absolute atomic E-state index is 11.0. The first-order valence-electron chi connectivity index (χ1n) is 8.63. The number of anilines is 1. The Labute approximate surface area is 156 Å². The monoisotopic (exact) mass is 382 g/mol. The number of hydrogen-bond acceptors (Lipinski definition) is 6. The standard InChI is InChI=1S/C17H22N4O2S.ClH/c18-15-14-11-3-1-2-4-12(11)24-16(14)20-13(19-15)9-21-7-5-10(6-8-21)17(22)23;/h10H,1-9H2,(H,22,23)(H2,18,19,20);1H. The average Bonchev–Trinajstić information content (AvgIpc) is 2.94. The number of aliphatic carboxylic acids is 1. The van der Waals surface area contributed by atoms with E-state index in [0.717, 1.165) is 42.0 Å². The van der Waals surface area contributed by atoms with Crippen LogP contribution >= 0.6 is 23.7 Å². The number of nitrogens with two attached hydrogens (primary N) is 1. The Bertz CT molecular complexity index is 787. The number of carbonyl (C=O) groups is 1. The highest BCUT2D eigenvalue weighted by molar-refractivity contribution is 7.19. The van der Waals surface area contributed by atoms with Crippen LogP contribution < -0.4 is 5.73 Å². The fourth-order valence-electron chi connectivity index (χ4n) is 3.84. The van der Waals surface area contributed by atoms with Gasteiger partial charge in [-0.15, -0.1) is 23.7 Å². The molecule has 2 aromatic heterocycles. The Morgan fingerprint density at radius 2 is 1.96 bits per heavy atom. The molecular weight excluding hydrogens is 360 g/mol. The third-order valence-electron chi connectivity index (χ3n) is 5.19. The van der Waals surface area contributed by atoms with Gasteiger partial charge in [0.2, 0.25) is 0 Å². The molecule has 6 nitrogen and oxygen atoms in total. The average molecular weight is 383 g/mol. The number of piperidine rings is 1. The molecule has 136 valence electrons. The summed E-state index contributed by atoms with van der Waals surface area (Å²) in [5.41, 5.74) is 7.62. The number of aromatic nitrogens is 2. The highest BCUT2D eigenvalue weighted by atomic mass is 35.5. The summed E-state index contributed by atoms with van der Waals surface area (Å²) in [6.07, 6.45) is 6.08. The van der Waals surface area contributed by atoms with E-state index in [4.69, 9.17) is 15.8 Å². The molecule has 25 heavy (non-hydrogen) atoms. The SMILES string of the molecule is Cl.Nc1nc(CN2CCC(C(=O)O)CC2)nc2sc3c(c12)CCCC3. The largest absolute Gasteiger partial charge is 0.481 e. The van der Waals surface area contributed by atoms with Crippen LogP contribution in [0.15, 0.2) is 0 Å². The van der Waals surface area contributed by atoms with Crippen LogP contribution in [0.25, 0.3) is 10.2 Å². The molecule has 3 N–H and O–H groups in total. The Kier molecular flexibility index (Phi) is 5.46. The van der Waals surface area contributed by atoms with Gasteiger partial charge < -0.3 is 10.8 Å². The summed E-state index contributed by atoms with van der Waals surface area (Å²) in [4.78, 5) is 25.0. The molecule has 1 aliphatic heterocycles. The first-order valence-corrected chi connectivity index (χ1v) is 9.45. The second-order valence-corrected chi connectivity index (χ2v) is 7.89. The van der Waals surface area contributed by atoms with Gasteiger partial charge >= 0.3 is 5.97 Å². The first-order chi connectivity index (χ1) is 11.6. The van der Waals surface area contributed by atoms with Crippen molar-refractivity contribution in [2.45, 2.75) is 45.1 Å². The zero-order valence-corrected chi connectivity index (χ0v) is 15.7. The maximum Gasteiger partial charge on any atom is 0.306 e. The van der Waals surface area contributed by atoms with Crippen LogP contribution in [0.2, 0.25) is 0 Å². The molecule has 0 saturated carbocycles. The number of rotatable bonds is 3. The number of hydrogen-bond donors (Lipinski definition) is 2. The molecule has 1 saturated heterocycles. The van der Waals surface area contributed by atoms with Gasteiger partial charge in [-0.05, 0) is 57.2 Å². The van der Waals surface area contributed by atoms with Crippen LogP contribution in [0.1, 0.15) is 41.9 Å². The minimum absolute atomic E-state index is 0. The number of fused-ring (bicyclic) bond motifs is 3. The van der Waals surface area contributed by atoms with Crippen LogP contribution in [-0.2, 0) is 24.2 Å². The Balaban J connectivity index is 0.00000182. The molecule has 0 unspecified atom stereocenters. The lowest BCUT2D eigenvalue weighted by Gasteiger charge is -2.29. The molecular formula is C17H23ClN4O2S. The van der Waals surface area contributed by atoms with E-state index in [0.29, 0.717) is 25.2 Å². The van der Waals surface area contributed by atoms with Gasteiger partial charge in [-0.1, -0.05) is 0 Å².